The van der Waals surface area contributed by atoms with Crippen molar-refractivity contribution in [3.05, 3.63) is 58.9 Å². The largest absolute Gasteiger partial charge is 0.506 e. The van der Waals surface area contributed by atoms with E-state index in [0.29, 0.717) is 0 Å². The number of hydrogen-bond donors (Lipinski definition) is 1. The molecule has 0 aliphatic heterocycles. The number of para-hydroxylation sites is 1. The fourth-order valence-corrected chi connectivity index (χ4v) is 1.85. The first-order chi connectivity index (χ1) is 9.00. The first-order valence-electron chi connectivity index (χ1n) is 5.52. The van der Waals surface area contributed by atoms with Crippen molar-refractivity contribution in [3.63, 3.8) is 0 Å². The van der Waals surface area contributed by atoms with Crippen molar-refractivity contribution in [2.75, 3.05) is 11.9 Å². The summed E-state index contributed by atoms with van der Waals surface area (Å²) in [7, 11) is 1.47. The van der Waals surface area contributed by atoms with Gasteiger partial charge in [-0.25, -0.2) is 4.39 Å². The molecule has 2 aromatic carbocycles. The molecule has 0 fully saturated rings. The zero-order chi connectivity index (χ0) is 14.0. The lowest BCUT2D eigenvalue weighted by atomic mass is 10.1. The number of halogens is 2. The summed E-state index contributed by atoms with van der Waals surface area (Å²) in [6, 6.07) is 10.1. The minimum absolute atomic E-state index is 0.0767. The Morgan fingerprint density at radius 2 is 1.95 bits per heavy atom. The van der Waals surface area contributed by atoms with Crippen LogP contribution in [0.2, 0.25) is 5.02 Å². The zero-order valence-electron chi connectivity index (χ0n) is 10.1. The molecular formula is C14H11ClFNO2. The molecule has 0 bridgehead atoms. The standard InChI is InChI=1S/C14H11ClFNO2/c1-17(12-5-3-2-4-11(12)16)14(19)9-6-7-13(18)10(15)8-9/h2-8,18H,1H3. The second-order valence-corrected chi connectivity index (χ2v) is 4.39. The van der Waals surface area contributed by atoms with Gasteiger partial charge in [-0.3, -0.25) is 4.79 Å². The fraction of sp³-hybridized carbons (Fsp3) is 0.0714. The number of anilines is 1. The molecule has 0 saturated heterocycles. The van der Waals surface area contributed by atoms with E-state index in [0.717, 1.165) is 0 Å². The second-order valence-electron chi connectivity index (χ2n) is 3.98. The predicted molar refractivity (Wildman–Crippen MR) is 72.3 cm³/mol. The van der Waals surface area contributed by atoms with Crippen LogP contribution in [-0.2, 0) is 0 Å². The fourth-order valence-electron chi connectivity index (χ4n) is 1.67. The molecule has 0 unspecified atom stereocenters. The SMILES string of the molecule is CN(C(=O)c1ccc(O)c(Cl)c1)c1ccccc1F. The van der Waals surface area contributed by atoms with Crippen LogP contribution in [0.25, 0.3) is 0 Å². The Labute approximate surface area is 114 Å². The van der Waals surface area contributed by atoms with Crippen molar-refractivity contribution < 1.29 is 14.3 Å². The highest BCUT2D eigenvalue weighted by molar-refractivity contribution is 6.32. The van der Waals surface area contributed by atoms with Gasteiger partial charge >= 0.3 is 0 Å². The molecule has 1 amide bonds. The van der Waals surface area contributed by atoms with Crippen molar-refractivity contribution in [1.82, 2.24) is 0 Å². The second kappa shape index (κ2) is 5.28. The van der Waals surface area contributed by atoms with Crippen LogP contribution in [0.4, 0.5) is 10.1 Å². The highest BCUT2D eigenvalue weighted by Crippen LogP contribution is 2.25. The van der Waals surface area contributed by atoms with Gasteiger partial charge in [0.15, 0.2) is 0 Å². The maximum atomic E-state index is 13.6. The zero-order valence-corrected chi connectivity index (χ0v) is 10.9. The quantitative estimate of drug-likeness (QED) is 0.914. The summed E-state index contributed by atoms with van der Waals surface area (Å²) < 4.78 is 13.6. The van der Waals surface area contributed by atoms with E-state index in [2.05, 4.69) is 0 Å². The summed E-state index contributed by atoms with van der Waals surface area (Å²) in [6.45, 7) is 0. The van der Waals surface area contributed by atoms with E-state index in [1.807, 2.05) is 0 Å². The number of nitrogens with zero attached hydrogens (tertiary/aromatic N) is 1. The maximum absolute atomic E-state index is 13.6. The van der Waals surface area contributed by atoms with Crippen LogP contribution in [0.3, 0.4) is 0 Å². The summed E-state index contributed by atoms with van der Waals surface area (Å²) in [5.41, 5.74) is 0.449. The molecule has 3 nitrogen and oxygen atoms in total. The Bertz CT molecular complexity index is 631. The van der Waals surface area contributed by atoms with Crippen molar-refractivity contribution in [2.45, 2.75) is 0 Å². The van der Waals surface area contributed by atoms with Crippen LogP contribution in [0, 0.1) is 5.82 Å². The Balaban J connectivity index is 2.34. The monoisotopic (exact) mass is 279 g/mol. The van der Waals surface area contributed by atoms with E-state index < -0.39 is 11.7 Å². The summed E-state index contributed by atoms with van der Waals surface area (Å²) in [4.78, 5) is 13.4. The summed E-state index contributed by atoms with van der Waals surface area (Å²) >= 11 is 5.75. The van der Waals surface area contributed by atoms with E-state index in [9.17, 15) is 14.3 Å². The van der Waals surface area contributed by atoms with Crippen LogP contribution >= 0.6 is 11.6 Å². The Morgan fingerprint density at radius 3 is 2.58 bits per heavy atom. The normalized spacial score (nSPS) is 10.3. The topological polar surface area (TPSA) is 40.5 Å². The third-order valence-electron chi connectivity index (χ3n) is 2.71. The molecular weight excluding hydrogens is 269 g/mol. The maximum Gasteiger partial charge on any atom is 0.258 e. The smallest absolute Gasteiger partial charge is 0.258 e. The number of aromatic hydroxyl groups is 1. The van der Waals surface area contributed by atoms with Crippen LogP contribution in [-0.4, -0.2) is 18.1 Å². The number of phenolic OH excluding ortho intramolecular Hbond substituents is 1. The molecule has 0 aliphatic carbocycles. The van der Waals surface area contributed by atoms with Crippen molar-refractivity contribution in [1.29, 1.82) is 0 Å². The molecule has 19 heavy (non-hydrogen) atoms. The van der Waals surface area contributed by atoms with Gasteiger partial charge in [0.25, 0.3) is 5.91 Å². The number of carbonyl (C=O) groups is 1. The first-order valence-corrected chi connectivity index (χ1v) is 5.89. The van der Waals surface area contributed by atoms with Crippen molar-refractivity contribution >= 4 is 23.2 Å². The van der Waals surface area contributed by atoms with Gasteiger partial charge in [-0.15, -0.1) is 0 Å². The van der Waals surface area contributed by atoms with E-state index in [-0.39, 0.29) is 22.0 Å². The molecule has 0 spiro atoms. The van der Waals surface area contributed by atoms with Gasteiger partial charge in [-0.2, -0.15) is 0 Å². The first kappa shape index (κ1) is 13.4. The van der Waals surface area contributed by atoms with Gasteiger partial charge in [0.05, 0.1) is 10.7 Å². The molecule has 2 rings (SSSR count). The molecule has 0 atom stereocenters. The van der Waals surface area contributed by atoms with Crippen molar-refractivity contribution in [3.8, 4) is 5.75 Å². The van der Waals surface area contributed by atoms with Crippen molar-refractivity contribution in [2.24, 2.45) is 0 Å². The minimum atomic E-state index is -0.483. The predicted octanol–water partition coefficient (Wildman–Crippen LogP) is 3.46. The molecule has 0 heterocycles. The number of phenols is 1. The average molecular weight is 280 g/mol. The summed E-state index contributed by atoms with van der Waals surface area (Å²) in [5, 5.41) is 9.39. The van der Waals surface area contributed by atoms with E-state index in [1.54, 1.807) is 12.1 Å². The van der Waals surface area contributed by atoms with Crippen LogP contribution < -0.4 is 4.90 Å². The van der Waals surface area contributed by atoms with Crippen LogP contribution in [0.15, 0.2) is 42.5 Å². The molecule has 2 aromatic rings. The lowest BCUT2D eigenvalue weighted by Crippen LogP contribution is -2.27. The van der Waals surface area contributed by atoms with Gasteiger partial charge in [-0.1, -0.05) is 23.7 Å². The molecule has 0 radical (unpaired) electrons. The average Bonchev–Trinajstić information content (AvgIpc) is 2.41. The molecule has 0 saturated carbocycles. The van der Waals surface area contributed by atoms with E-state index in [1.165, 1.54) is 42.3 Å². The van der Waals surface area contributed by atoms with Gasteiger partial charge in [0.2, 0.25) is 0 Å². The number of hydrogen-bond acceptors (Lipinski definition) is 2. The Kier molecular flexibility index (Phi) is 3.71. The number of amides is 1. The van der Waals surface area contributed by atoms with Gasteiger partial charge in [0, 0.05) is 12.6 Å². The van der Waals surface area contributed by atoms with Crippen LogP contribution in [0.1, 0.15) is 10.4 Å². The third kappa shape index (κ3) is 2.69. The lowest BCUT2D eigenvalue weighted by Gasteiger charge is -2.18. The highest BCUT2D eigenvalue weighted by atomic mass is 35.5. The Morgan fingerprint density at radius 1 is 1.26 bits per heavy atom. The van der Waals surface area contributed by atoms with Gasteiger partial charge in [-0.05, 0) is 30.3 Å². The number of rotatable bonds is 2. The van der Waals surface area contributed by atoms with E-state index in [4.69, 9.17) is 11.6 Å². The number of benzene rings is 2. The van der Waals surface area contributed by atoms with Gasteiger partial charge in [0.1, 0.15) is 11.6 Å². The third-order valence-corrected chi connectivity index (χ3v) is 3.02. The Hall–Kier alpha value is -2.07. The minimum Gasteiger partial charge on any atom is -0.506 e. The summed E-state index contributed by atoms with van der Waals surface area (Å²) in [6.07, 6.45) is 0. The molecule has 1 N–H and O–H groups in total. The highest BCUT2D eigenvalue weighted by Gasteiger charge is 2.17. The molecule has 0 aromatic heterocycles. The lowest BCUT2D eigenvalue weighted by molar-refractivity contribution is 0.0992. The van der Waals surface area contributed by atoms with Crippen LogP contribution in [0.5, 0.6) is 5.75 Å². The molecule has 5 heteroatoms. The molecule has 98 valence electrons. The summed E-state index contributed by atoms with van der Waals surface area (Å²) in [5.74, 6) is -0.998. The number of carbonyl (C=O) groups excluding carboxylic acids is 1. The van der Waals surface area contributed by atoms with E-state index >= 15 is 0 Å². The molecule has 0 aliphatic rings. The van der Waals surface area contributed by atoms with Gasteiger partial charge < -0.3 is 10.0 Å².